The van der Waals surface area contributed by atoms with E-state index in [0.29, 0.717) is 23.9 Å². The maximum Gasteiger partial charge on any atom is 0.268 e. The molecule has 9 heteroatoms. The maximum absolute atomic E-state index is 13.0. The average molecular weight is 1020 g/mol. The number of amides is 1. The van der Waals surface area contributed by atoms with Crippen LogP contribution in [0, 0.1) is 0 Å². The SMILES string of the molecule is CCCCCCC/C=C\C/C=C\C/C=C\CCCCCCCCCCCCCCCCC(=O)NC(COP(=O)([O-])OCC[N+](C)(C)C)C(O)CCCCCCCCCCCCCCCCCCCCCC. The molecule has 0 saturated carbocycles. The minimum Gasteiger partial charge on any atom is -0.756 e. The summed E-state index contributed by atoms with van der Waals surface area (Å²) in [7, 11) is 1.31. The highest BCUT2D eigenvalue weighted by Gasteiger charge is 2.24. The van der Waals surface area contributed by atoms with E-state index in [1.807, 2.05) is 21.1 Å². The maximum atomic E-state index is 13.0. The molecular formula is C62H121N2O6P. The first kappa shape index (κ1) is 69.7. The van der Waals surface area contributed by atoms with Crippen molar-refractivity contribution in [3.63, 3.8) is 0 Å². The number of phosphoric acid groups is 1. The molecule has 3 atom stereocenters. The van der Waals surface area contributed by atoms with E-state index in [0.717, 1.165) is 51.4 Å². The molecule has 0 bridgehead atoms. The number of aliphatic hydroxyl groups is 1. The van der Waals surface area contributed by atoms with E-state index in [9.17, 15) is 19.4 Å². The van der Waals surface area contributed by atoms with Crippen molar-refractivity contribution in [3.8, 4) is 0 Å². The van der Waals surface area contributed by atoms with Crippen molar-refractivity contribution in [2.45, 2.75) is 315 Å². The molecule has 420 valence electrons. The van der Waals surface area contributed by atoms with Gasteiger partial charge in [-0.3, -0.25) is 9.36 Å². The van der Waals surface area contributed by atoms with Crippen LogP contribution in [0.15, 0.2) is 36.5 Å². The molecule has 0 fully saturated rings. The van der Waals surface area contributed by atoms with Gasteiger partial charge in [-0.2, -0.15) is 0 Å². The van der Waals surface area contributed by atoms with Gasteiger partial charge in [-0.15, -0.1) is 0 Å². The lowest BCUT2D eigenvalue weighted by molar-refractivity contribution is -0.870. The highest BCUT2D eigenvalue weighted by atomic mass is 31.2. The number of unbranched alkanes of at least 4 members (excludes halogenated alkanes) is 38. The van der Waals surface area contributed by atoms with E-state index in [1.165, 1.54) is 225 Å². The van der Waals surface area contributed by atoms with Crippen molar-refractivity contribution < 1.29 is 32.9 Å². The summed E-state index contributed by atoms with van der Waals surface area (Å²) in [6.07, 6.45) is 68.9. The molecule has 71 heavy (non-hydrogen) atoms. The standard InChI is InChI=1S/C62H121N2O6P/c1-6-8-10-12-14-16-18-20-22-24-26-28-29-30-31-32-33-34-35-36-38-40-42-44-46-48-50-52-54-56-62(66)63-60(59-70-71(67,68)69-58-57-64(3,4)5)61(65)55-53-51-49-47-45-43-41-39-37-27-25-23-21-19-17-15-13-11-9-7-2/h18,20,24,26,29-30,60-61,65H,6-17,19,21-23,25,27-28,31-59H2,1-5H3,(H-,63,66,67,68)/b20-18-,26-24-,30-29-. The molecule has 0 saturated heterocycles. The summed E-state index contributed by atoms with van der Waals surface area (Å²) in [5.74, 6) is -0.162. The van der Waals surface area contributed by atoms with Crippen LogP contribution in [0.2, 0.25) is 0 Å². The third-order valence-corrected chi connectivity index (χ3v) is 15.1. The van der Waals surface area contributed by atoms with E-state index in [2.05, 4.69) is 55.6 Å². The number of hydrogen-bond donors (Lipinski definition) is 2. The molecule has 0 radical (unpaired) electrons. The summed E-state index contributed by atoms with van der Waals surface area (Å²) < 4.78 is 23.5. The Bertz CT molecular complexity index is 1250. The fraction of sp³-hybridized carbons (Fsp3) is 0.887. The summed E-state index contributed by atoms with van der Waals surface area (Å²) in [6, 6.07) is -0.801. The number of quaternary nitrogens is 1. The minimum atomic E-state index is -4.57. The van der Waals surface area contributed by atoms with Crippen LogP contribution in [-0.4, -0.2) is 68.5 Å². The number of phosphoric ester groups is 1. The lowest BCUT2D eigenvalue weighted by Gasteiger charge is -2.30. The Labute approximate surface area is 442 Å². The first-order chi connectivity index (χ1) is 34.5. The third-order valence-electron chi connectivity index (χ3n) is 14.1. The van der Waals surface area contributed by atoms with Gasteiger partial charge in [0.05, 0.1) is 39.9 Å². The van der Waals surface area contributed by atoms with Crippen LogP contribution in [0.25, 0.3) is 0 Å². The number of nitrogens with one attached hydrogen (secondary N) is 1. The van der Waals surface area contributed by atoms with Gasteiger partial charge < -0.3 is 28.8 Å². The summed E-state index contributed by atoms with van der Waals surface area (Å²) in [5, 5.41) is 14.1. The number of allylic oxidation sites excluding steroid dienone is 6. The van der Waals surface area contributed by atoms with E-state index < -0.39 is 20.0 Å². The first-order valence-electron chi connectivity index (χ1n) is 30.8. The van der Waals surface area contributed by atoms with Crippen molar-refractivity contribution >= 4 is 13.7 Å². The molecule has 0 aromatic rings. The number of hydrogen-bond acceptors (Lipinski definition) is 6. The predicted octanol–water partition coefficient (Wildman–Crippen LogP) is 18.3. The van der Waals surface area contributed by atoms with Gasteiger partial charge in [-0.05, 0) is 51.4 Å². The molecule has 0 spiro atoms. The fourth-order valence-corrected chi connectivity index (χ4v) is 10.0. The number of carbonyl (C=O) groups excluding carboxylic acids is 1. The van der Waals surface area contributed by atoms with Crippen molar-refractivity contribution in [3.05, 3.63) is 36.5 Å². The molecule has 8 nitrogen and oxygen atoms in total. The molecule has 2 N–H and O–H groups in total. The molecule has 3 unspecified atom stereocenters. The van der Waals surface area contributed by atoms with Gasteiger partial charge in [0.15, 0.2) is 0 Å². The molecule has 0 aromatic heterocycles. The second-order valence-electron chi connectivity index (χ2n) is 22.4. The van der Waals surface area contributed by atoms with Crippen LogP contribution in [-0.2, 0) is 18.4 Å². The first-order valence-corrected chi connectivity index (χ1v) is 32.3. The Morgan fingerprint density at radius 1 is 0.493 bits per heavy atom. The van der Waals surface area contributed by atoms with Gasteiger partial charge in [0.25, 0.3) is 7.82 Å². The monoisotopic (exact) mass is 1020 g/mol. The van der Waals surface area contributed by atoms with Crippen molar-refractivity contribution in [1.82, 2.24) is 5.32 Å². The Morgan fingerprint density at radius 2 is 0.817 bits per heavy atom. The minimum absolute atomic E-state index is 0.0130. The molecule has 0 aliphatic heterocycles. The Morgan fingerprint density at radius 3 is 1.18 bits per heavy atom. The largest absolute Gasteiger partial charge is 0.756 e. The second-order valence-corrected chi connectivity index (χ2v) is 23.8. The van der Waals surface area contributed by atoms with Gasteiger partial charge >= 0.3 is 0 Å². The number of carbonyl (C=O) groups is 1. The highest BCUT2D eigenvalue weighted by molar-refractivity contribution is 7.45. The van der Waals surface area contributed by atoms with Gasteiger partial charge in [0.2, 0.25) is 5.91 Å². The smallest absolute Gasteiger partial charge is 0.268 e. The predicted molar refractivity (Wildman–Crippen MR) is 307 cm³/mol. The Kier molecular flexibility index (Phi) is 52.6. The summed E-state index contributed by atoms with van der Waals surface area (Å²) >= 11 is 0. The summed E-state index contributed by atoms with van der Waals surface area (Å²) in [6.45, 7) is 4.75. The molecule has 0 heterocycles. The van der Waals surface area contributed by atoms with E-state index in [4.69, 9.17) is 9.05 Å². The molecule has 1 amide bonds. The molecule has 0 aliphatic rings. The molecule has 0 rings (SSSR count). The van der Waals surface area contributed by atoms with Crippen molar-refractivity contribution in [2.75, 3.05) is 40.9 Å². The molecule has 0 aliphatic carbocycles. The number of rotatable bonds is 57. The number of aliphatic hydroxyl groups excluding tert-OH is 1. The quantitative estimate of drug-likeness (QED) is 0.0272. The van der Waals surface area contributed by atoms with Gasteiger partial charge in [0, 0.05) is 6.42 Å². The van der Waals surface area contributed by atoms with Crippen molar-refractivity contribution in [2.24, 2.45) is 0 Å². The van der Waals surface area contributed by atoms with E-state index in [-0.39, 0.29) is 19.1 Å². The molecular weight excluding hydrogens is 900 g/mol. The zero-order valence-corrected chi connectivity index (χ0v) is 48.8. The van der Waals surface area contributed by atoms with E-state index >= 15 is 0 Å². The van der Waals surface area contributed by atoms with Crippen LogP contribution < -0.4 is 10.2 Å². The zero-order valence-electron chi connectivity index (χ0n) is 47.9. The number of nitrogens with zero attached hydrogens (tertiary/aromatic N) is 1. The second kappa shape index (κ2) is 53.5. The fourth-order valence-electron chi connectivity index (χ4n) is 9.29. The summed E-state index contributed by atoms with van der Waals surface area (Å²) in [5.41, 5.74) is 0. The molecule has 0 aromatic carbocycles. The van der Waals surface area contributed by atoms with Gasteiger partial charge in [0.1, 0.15) is 13.2 Å². The van der Waals surface area contributed by atoms with E-state index in [1.54, 1.807) is 0 Å². The lowest BCUT2D eigenvalue weighted by atomic mass is 10.0. The van der Waals surface area contributed by atoms with Crippen LogP contribution in [0.4, 0.5) is 0 Å². The topological polar surface area (TPSA) is 108 Å². The number of likely N-dealkylation sites (N-methyl/N-ethyl adjacent to an activating group) is 1. The van der Waals surface area contributed by atoms with Crippen molar-refractivity contribution in [1.29, 1.82) is 0 Å². The third kappa shape index (κ3) is 56.3. The Hall–Kier alpha value is -1.28. The van der Waals surface area contributed by atoms with Gasteiger partial charge in [-0.1, -0.05) is 281 Å². The normalized spacial score (nSPS) is 14.1. The summed E-state index contributed by atoms with van der Waals surface area (Å²) in [4.78, 5) is 25.6. The lowest BCUT2D eigenvalue weighted by Crippen LogP contribution is -2.46. The Balaban J connectivity index is 4.10. The van der Waals surface area contributed by atoms with Crippen LogP contribution in [0.1, 0.15) is 303 Å². The van der Waals surface area contributed by atoms with Crippen LogP contribution >= 0.6 is 7.82 Å². The van der Waals surface area contributed by atoms with Gasteiger partial charge in [-0.25, -0.2) is 0 Å². The van der Waals surface area contributed by atoms with Crippen LogP contribution in [0.5, 0.6) is 0 Å². The van der Waals surface area contributed by atoms with Crippen LogP contribution in [0.3, 0.4) is 0 Å². The zero-order chi connectivity index (χ0) is 52.0. The highest BCUT2D eigenvalue weighted by Crippen LogP contribution is 2.38. The average Bonchev–Trinajstić information content (AvgIpc) is 3.33.